The van der Waals surface area contributed by atoms with Gasteiger partial charge in [-0.05, 0) is 69.0 Å². The highest BCUT2D eigenvalue weighted by Crippen LogP contribution is 2.33. The molecule has 194 valence electrons. The summed E-state index contributed by atoms with van der Waals surface area (Å²) < 4.78 is 27.7. The first-order valence-electron chi connectivity index (χ1n) is 13.1. The Morgan fingerprint density at radius 2 is 1.53 bits per heavy atom. The summed E-state index contributed by atoms with van der Waals surface area (Å²) in [5, 5.41) is 0.510. The highest BCUT2D eigenvalue weighted by atomic mass is 35.5. The van der Waals surface area contributed by atoms with Crippen molar-refractivity contribution in [2.75, 3.05) is 39.3 Å². The molecule has 5 rings (SSSR count). The largest absolute Gasteiger partial charge is 0.336 e. The molecule has 2 saturated heterocycles. The van der Waals surface area contributed by atoms with Crippen LogP contribution in [0.3, 0.4) is 0 Å². The Balaban J connectivity index is 1.26. The third-order valence-electron chi connectivity index (χ3n) is 8.03. The molecule has 3 aliphatic rings. The molecule has 1 amide bonds. The average Bonchev–Trinajstić information content (AvgIpc) is 3.44. The number of sulfonamides is 1. The van der Waals surface area contributed by atoms with E-state index in [9.17, 15) is 13.2 Å². The van der Waals surface area contributed by atoms with Gasteiger partial charge in [0.2, 0.25) is 10.0 Å². The Hall–Kier alpha value is -2.00. The molecule has 1 saturated carbocycles. The van der Waals surface area contributed by atoms with Crippen molar-refractivity contribution in [3.63, 3.8) is 0 Å². The summed E-state index contributed by atoms with van der Waals surface area (Å²) in [6.45, 7) is 6.12. The van der Waals surface area contributed by atoms with Crippen LogP contribution in [0.1, 0.15) is 66.2 Å². The van der Waals surface area contributed by atoms with Gasteiger partial charge >= 0.3 is 0 Å². The van der Waals surface area contributed by atoms with Gasteiger partial charge in [0.05, 0.1) is 16.2 Å². The number of piperidine rings is 1. The van der Waals surface area contributed by atoms with E-state index >= 15 is 0 Å². The number of nitrogens with zero attached hydrogens (tertiary/aromatic N) is 4. The first kappa shape index (κ1) is 25.6. The molecule has 3 fully saturated rings. The van der Waals surface area contributed by atoms with Crippen LogP contribution in [0.2, 0.25) is 5.02 Å². The summed E-state index contributed by atoms with van der Waals surface area (Å²) in [6.07, 6.45) is 6.49. The predicted octanol–water partition coefficient (Wildman–Crippen LogP) is 4.31. The van der Waals surface area contributed by atoms with Crippen LogP contribution in [0.4, 0.5) is 0 Å². The third-order valence-corrected chi connectivity index (χ3v) is 10.2. The topological polar surface area (TPSA) is 73.8 Å². The van der Waals surface area contributed by atoms with Crippen LogP contribution in [0.5, 0.6) is 0 Å². The van der Waals surface area contributed by atoms with E-state index in [0.29, 0.717) is 42.6 Å². The highest BCUT2D eigenvalue weighted by Gasteiger charge is 2.34. The smallest absolute Gasteiger partial charge is 0.255 e. The average molecular weight is 531 g/mol. The van der Waals surface area contributed by atoms with Crippen LogP contribution >= 0.6 is 11.6 Å². The molecule has 0 N–H and O–H groups in total. The van der Waals surface area contributed by atoms with E-state index in [1.807, 2.05) is 24.0 Å². The Bertz CT molecular complexity index is 1180. The standard InChI is InChI=1S/C27H35ClN4O3S/c1-20-6-11-25(27(33)31-18-16-30(17-19-31)23-4-2-3-5-23)26(29-20)21-12-14-32(15-13-21)36(34,35)24-9-7-22(28)8-10-24/h6-11,21,23H,2-5,12-19H2,1H3. The van der Waals surface area contributed by atoms with Gasteiger partial charge in [-0.3, -0.25) is 14.7 Å². The summed E-state index contributed by atoms with van der Waals surface area (Å²) in [5.41, 5.74) is 2.37. The molecular formula is C27H35ClN4O3S. The van der Waals surface area contributed by atoms with Crippen molar-refractivity contribution in [2.45, 2.75) is 62.3 Å². The third kappa shape index (κ3) is 5.32. The fourth-order valence-corrected chi connectivity index (χ4v) is 7.52. The lowest BCUT2D eigenvalue weighted by Crippen LogP contribution is -2.51. The van der Waals surface area contributed by atoms with Gasteiger partial charge in [-0.1, -0.05) is 24.4 Å². The molecule has 2 aromatic rings. The Labute approximate surface area is 219 Å². The molecule has 2 aliphatic heterocycles. The number of carbonyl (C=O) groups is 1. The number of hydrogen-bond acceptors (Lipinski definition) is 5. The van der Waals surface area contributed by atoms with Crippen molar-refractivity contribution in [1.29, 1.82) is 0 Å². The Morgan fingerprint density at radius 3 is 2.17 bits per heavy atom. The van der Waals surface area contributed by atoms with Crippen molar-refractivity contribution >= 4 is 27.5 Å². The predicted molar refractivity (Wildman–Crippen MR) is 141 cm³/mol. The Morgan fingerprint density at radius 1 is 0.889 bits per heavy atom. The van der Waals surface area contributed by atoms with Crippen LogP contribution in [0.25, 0.3) is 0 Å². The number of benzene rings is 1. The van der Waals surface area contributed by atoms with Crippen LogP contribution < -0.4 is 0 Å². The minimum Gasteiger partial charge on any atom is -0.336 e. The summed E-state index contributed by atoms with van der Waals surface area (Å²) in [7, 11) is -3.57. The quantitative estimate of drug-likeness (QED) is 0.576. The molecule has 36 heavy (non-hydrogen) atoms. The summed E-state index contributed by atoms with van der Waals surface area (Å²) >= 11 is 5.93. The van der Waals surface area contributed by atoms with Crippen LogP contribution in [-0.4, -0.2) is 78.7 Å². The second-order valence-corrected chi connectivity index (χ2v) is 12.7. The number of carbonyl (C=O) groups excluding carboxylic acids is 1. The first-order valence-corrected chi connectivity index (χ1v) is 14.9. The highest BCUT2D eigenvalue weighted by molar-refractivity contribution is 7.89. The van der Waals surface area contributed by atoms with Crippen LogP contribution in [0, 0.1) is 6.92 Å². The monoisotopic (exact) mass is 530 g/mol. The molecule has 0 atom stereocenters. The van der Waals surface area contributed by atoms with E-state index in [1.54, 1.807) is 24.3 Å². The maximum atomic E-state index is 13.6. The van der Waals surface area contributed by atoms with E-state index in [2.05, 4.69) is 4.90 Å². The van der Waals surface area contributed by atoms with E-state index in [0.717, 1.165) is 37.6 Å². The lowest BCUT2D eigenvalue weighted by atomic mass is 9.90. The molecule has 1 aromatic heterocycles. The van der Waals surface area contributed by atoms with E-state index < -0.39 is 10.0 Å². The number of pyridine rings is 1. The van der Waals surface area contributed by atoms with Gasteiger partial charge in [0.25, 0.3) is 5.91 Å². The molecule has 1 aliphatic carbocycles. The van der Waals surface area contributed by atoms with Crippen molar-refractivity contribution in [3.8, 4) is 0 Å². The van der Waals surface area contributed by atoms with Crippen molar-refractivity contribution in [2.24, 2.45) is 0 Å². The number of amides is 1. The number of aryl methyl sites for hydroxylation is 1. The molecule has 0 bridgehead atoms. The molecule has 7 nitrogen and oxygen atoms in total. The number of rotatable bonds is 5. The molecule has 3 heterocycles. The molecule has 0 unspecified atom stereocenters. The number of aromatic nitrogens is 1. The van der Waals surface area contributed by atoms with Crippen LogP contribution in [0.15, 0.2) is 41.3 Å². The lowest BCUT2D eigenvalue weighted by Gasteiger charge is -2.38. The van der Waals surface area contributed by atoms with Gasteiger partial charge in [-0.15, -0.1) is 0 Å². The van der Waals surface area contributed by atoms with E-state index in [1.165, 1.54) is 30.0 Å². The second-order valence-electron chi connectivity index (χ2n) is 10.3. The molecule has 9 heteroatoms. The van der Waals surface area contributed by atoms with Gasteiger partial charge in [-0.25, -0.2) is 8.42 Å². The minimum absolute atomic E-state index is 0.0554. The zero-order chi connectivity index (χ0) is 25.3. The van der Waals surface area contributed by atoms with Gasteiger partial charge in [0, 0.05) is 61.9 Å². The summed E-state index contributed by atoms with van der Waals surface area (Å²) in [6, 6.07) is 10.8. The van der Waals surface area contributed by atoms with Crippen molar-refractivity contribution in [3.05, 3.63) is 58.4 Å². The van der Waals surface area contributed by atoms with Gasteiger partial charge in [0.1, 0.15) is 0 Å². The first-order chi connectivity index (χ1) is 17.3. The molecule has 0 radical (unpaired) electrons. The fraction of sp³-hybridized carbons (Fsp3) is 0.556. The van der Waals surface area contributed by atoms with Gasteiger partial charge in [-0.2, -0.15) is 4.31 Å². The second kappa shape index (κ2) is 10.8. The van der Waals surface area contributed by atoms with Gasteiger partial charge in [0.15, 0.2) is 0 Å². The molecular weight excluding hydrogens is 496 g/mol. The number of hydrogen-bond donors (Lipinski definition) is 0. The minimum atomic E-state index is -3.57. The summed E-state index contributed by atoms with van der Waals surface area (Å²) in [4.78, 5) is 23.2. The SMILES string of the molecule is Cc1ccc(C(=O)N2CCN(C3CCCC3)CC2)c(C2CCN(S(=O)(=O)c3ccc(Cl)cc3)CC2)n1. The van der Waals surface area contributed by atoms with Crippen molar-refractivity contribution in [1.82, 2.24) is 19.1 Å². The van der Waals surface area contributed by atoms with Crippen LogP contribution in [-0.2, 0) is 10.0 Å². The number of piperazine rings is 1. The van der Waals surface area contributed by atoms with Crippen molar-refractivity contribution < 1.29 is 13.2 Å². The van der Waals surface area contributed by atoms with E-state index in [4.69, 9.17) is 16.6 Å². The zero-order valence-electron chi connectivity index (χ0n) is 20.9. The van der Waals surface area contributed by atoms with Gasteiger partial charge < -0.3 is 4.90 Å². The molecule has 1 aromatic carbocycles. The maximum Gasteiger partial charge on any atom is 0.255 e. The summed E-state index contributed by atoms with van der Waals surface area (Å²) in [5.74, 6) is 0.111. The normalized spacial score (nSPS) is 21.2. The maximum absolute atomic E-state index is 13.6. The zero-order valence-corrected chi connectivity index (χ0v) is 22.5. The Kier molecular flexibility index (Phi) is 7.67. The fourth-order valence-electron chi connectivity index (χ4n) is 5.92. The molecule has 0 spiro atoms. The lowest BCUT2D eigenvalue weighted by molar-refractivity contribution is 0.0571. The number of halogens is 1. The van der Waals surface area contributed by atoms with E-state index in [-0.39, 0.29) is 16.7 Å².